The second kappa shape index (κ2) is 6.28. The van der Waals surface area contributed by atoms with E-state index in [1.165, 1.54) is 0 Å². The van der Waals surface area contributed by atoms with E-state index in [2.05, 4.69) is 19.2 Å². The number of benzene rings is 1. The third kappa shape index (κ3) is 4.89. The molecule has 3 heteroatoms. The molecule has 3 nitrogen and oxygen atoms in total. The van der Waals surface area contributed by atoms with Crippen LogP contribution >= 0.6 is 0 Å². The molecular weight excluding hydrogens is 212 g/mol. The number of hydrogen-bond acceptors (Lipinski definition) is 2. The number of likely N-dealkylation sites (N-methyl/N-ethyl adjacent to an activating group) is 1. The zero-order valence-corrected chi connectivity index (χ0v) is 11.2. The van der Waals surface area contributed by atoms with Gasteiger partial charge in [0, 0.05) is 26.3 Å². The van der Waals surface area contributed by atoms with Crippen molar-refractivity contribution in [3.63, 3.8) is 0 Å². The van der Waals surface area contributed by atoms with Crippen LogP contribution < -0.4 is 5.32 Å². The number of carbonyl (C=O) groups is 1. The first-order valence-corrected chi connectivity index (χ1v) is 6.02. The molecular formula is C14H22N2O. The van der Waals surface area contributed by atoms with Crippen LogP contribution in [0.2, 0.25) is 0 Å². The fourth-order valence-corrected chi connectivity index (χ4v) is 1.40. The SMILES string of the molecule is CC(C)CNc1ccc(CC(=O)N(C)C)cc1. The summed E-state index contributed by atoms with van der Waals surface area (Å²) in [5.41, 5.74) is 2.17. The molecule has 17 heavy (non-hydrogen) atoms. The van der Waals surface area contributed by atoms with Crippen LogP contribution in [-0.4, -0.2) is 31.4 Å². The van der Waals surface area contributed by atoms with Gasteiger partial charge in [0.05, 0.1) is 6.42 Å². The van der Waals surface area contributed by atoms with E-state index in [0.717, 1.165) is 17.8 Å². The van der Waals surface area contributed by atoms with Crippen LogP contribution in [0.25, 0.3) is 0 Å². The molecule has 1 aromatic rings. The minimum atomic E-state index is 0.132. The van der Waals surface area contributed by atoms with Crippen LogP contribution in [0.15, 0.2) is 24.3 Å². The lowest BCUT2D eigenvalue weighted by Crippen LogP contribution is -2.23. The third-order valence-corrected chi connectivity index (χ3v) is 2.52. The van der Waals surface area contributed by atoms with Gasteiger partial charge in [0.25, 0.3) is 0 Å². The van der Waals surface area contributed by atoms with E-state index in [1.54, 1.807) is 19.0 Å². The first kappa shape index (κ1) is 13.6. The molecule has 1 aromatic carbocycles. The van der Waals surface area contributed by atoms with E-state index in [1.807, 2.05) is 24.3 Å². The van der Waals surface area contributed by atoms with Crippen molar-refractivity contribution in [3.8, 4) is 0 Å². The van der Waals surface area contributed by atoms with Gasteiger partial charge in [0.2, 0.25) is 5.91 Å². The monoisotopic (exact) mass is 234 g/mol. The molecule has 0 atom stereocenters. The summed E-state index contributed by atoms with van der Waals surface area (Å²) in [7, 11) is 3.56. The van der Waals surface area contributed by atoms with E-state index < -0.39 is 0 Å². The number of carbonyl (C=O) groups excluding carboxylic acids is 1. The van der Waals surface area contributed by atoms with Gasteiger partial charge < -0.3 is 10.2 Å². The molecule has 0 heterocycles. The van der Waals surface area contributed by atoms with E-state index in [-0.39, 0.29) is 5.91 Å². The molecule has 0 fully saturated rings. The molecule has 94 valence electrons. The number of nitrogens with one attached hydrogen (secondary N) is 1. The highest BCUT2D eigenvalue weighted by Crippen LogP contribution is 2.11. The van der Waals surface area contributed by atoms with Crippen molar-refractivity contribution in [1.29, 1.82) is 0 Å². The van der Waals surface area contributed by atoms with Crippen molar-refractivity contribution in [3.05, 3.63) is 29.8 Å². The smallest absolute Gasteiger partial charge is 0.226 e. The summed E-state index contributed by atoms with van der Waals surface area (Å²) >= 11 is 0. The molecule has 0 bridgehead atoms. The van der Waals surface area contributed by atoms with Crippen molar-refractivity contribution < 1.29 is 4.79 Å². The Balaban J connectivity index is 2.53. The maximum Gasteiger partial charge on any atom is 0.226 e. The predicted octanol–water partition coefficient (Wildman–Crippen LogP) is 2.39. The van der Waals surface area contributed by atoms with E-state index in [4.69, 9.17) is 0 Å². The van der Waals surface area contributed by atoms with Gasteiger partial charge in [0.1, 0.15) is 0 Å². The van der Waals surface area contributed by atoms with Gasteiger partial charge in [-0.3, -0.25) is 4.79 Å². The van der Waals surface area contributed by atoms with E-state index >= 15 is 0 Å². The number of rotatable bonds is 5. The number of anilines is 1. The Kier molecular flexibility index (Phi) is 5.01. The highest BCUT2D eigenvalue weighted by molar-refractivity contribution is 5.78. The van der Waals surface area contributed by atoms with Crippen molar-refractivity contribution >= 4 is 11.6 Å². The summed E-state index contributed by atoms with van der Waals surface area (Å²) in [4.78, 5) is 13.1. The molecule has 0 aromatic heterocycles. The Hall–Kier alpha value is -1.51. The van der Waals surface area contributed by atoms with Crippen molar-refractivity contribution in [2.75, 3.05) is 26.0 Å². The highest BCUT2D eigenvalue weighted by atomic mass is 16.2. The molecule has 0 unspecified atom stereocenters. The Labute approximate surface area is 104 Å². The average molecular weight is 234 g/mol. The molecule has 1 N–H and O–H groups in total. The molecule has 0 saturated heterocycles. The quantitative estimate of drug-likeness (QED) is 0.848. The standard InChI is InChI=1S/C14H22N2O/c1-11(2)10-15-13-7-5-12(6-8-13)9-14(17)16(3)4/h5-8,11,15H,9-10H2,1-4H3. The lowest BCUT2D eigenvalue weighted by molar-refractivity contribution is -0.127. The normalized spacial score (nSPS) is 10.4. The predicted molar refractivity (Wildman–Crippen MR) is 72.2 cm³/mol. The number of hydrogen-bond donors (Lipinski definition) is 1. The average Bonchev–Trinajstić information content (AvgIpc) is 2.28. The summed E-state index contributed by atoms with van der Waals surface area (Å²) in [6.45, 7) is 5.32. The minimum Gasteiger partial charge on any atom is -0.385 e. The van der Waals surface area contributed by atoms with Crippen LogP contribution in [0.1, 0.15) is 19.4 Å². The van der Waals surface area contributed by atoms with E-state index in [9.17, 15) is 4.79 Å². The zero-order valence-electron chi connectivity index (χ0n) is 11.2. The lowest BCUT2D eigenvalue weighted by atomic mass is 10.1. The lowest BCUT2D eigenvalue weighted by Gasteiger charge is -2.11. The summed E-state index contributed by atoms with van der Waals surface area (Å²) in [5.74, 6) is 0.762. The Morgan fingerprint density at radius 1 is 1.24 bits per heavy atom. The van der Waals surface area contributed by atoms with Crippen LogP contribution in [0, 0.1) is 5.92 Å². The third-order valence-electron chi connectivity index (χ3n) is 2.52. The van der Waals surface area contributed by atoms with Gasteiger partial charge in [-0.15, -0.1) is 0 Å². The fourth-order valence-electron chi connectivity index (χ4n) is 1.40. The Bertz CT molecular complexity index is 355. The molecule has 0 saturated carbocycles. The highest BCUT2D eigenvalue weighted by Gasteiger charge is 2.05. The first-order valence-electron chi connectivity index (χ1n) is 6.02. The van der Waals surface area contributed by atoms with E-state index in [0.29, 0.717) is 12.3 Å². The first-order chi connectivity index (χ1) is 7.99. The second-order valence-electron chi connectivity index (χ2n) is 4.94. The minimum absolute atomic E-state index is 0.132. The molecule has 1 amide bonds. The van der Waals surface area contributed by atoms with Gasteiger partial charge in [-0.2, -0.15) is 0 Å². The van der Waals surface area contributed by atoms with Crippen LogP contribution in [-0.2, 0) is 11.2 Å². The van der Waals surface area contributed by atoms with Crippen molar-refractivity contribution in [1.82, 2.24) is 4.90 Å². The Morgan fingerprint density at radius 3 is 2.29 bits per heavy atom. The van der Waals surface area contributed by atoms with Crippen molar-refractivity contribution in [2.45, 2.75) is 20.3 Å². The van der Waals surface area contributed by atoms with Crippen LogP contribution in [0.3, 0.4) is 0 Å². The van der Waals surface area contributed by atoms with Crippen LogP contribution in [0.4, 0.5) is 5.69 Å². The molecule has 0 aliphatic rings. The molecule has 0 radical (unpaired) electrons. The number of nitrogens with zero attached hydrogens (tertiary/aromatic N) is 1. The molecule has 0 aliphatic carbocycles. The second-order valence-corrected chi connectivity index (χ2v) is 4.94. The zero-order chi connectivity index (χ0) is 12.8. The molecule has 0 spiro atoms. The van der Waals surface area contributed by atoms with Gasteiger partial charge in [-0.25, -0.2) is 0 Å². The summed E-state index contributed by atoms with van der Waals surface area (Å²) in [6.07, 6.45) is 0.470. The van der Waals surface area contributed by atoms with Crippen LogP contribution in [0.5, 0.6) is 0 Å². The van der Waals surface area contributed by atoms with Gasteiger partial charge in [0.15, 0.2) is 0 Å². The summed E-state index contributed by atoms with van der Waals surface area (Å²) in [6, 6.07) is 8.06. The molecule has 0 aliphatic heterocycles. The topological polar surface area (TPSA) is 32.3 Å². The maximum atomic E-state index is 11.5. The summed E-state index contributed by atoms with van der Waals surface area (Å²) < 4.78 is 0. The largest absolute Gasteiger partial charge is 0.385 e. The van der Waals surface area contributed by atoms with Gasteiger partial charge in [-0.05, 0) is 23.6 Å². The number of amides is 1. The maximum absolute atomic E-state index is 11.5. The van der Waals surface area contributed by atoms with Gasteiger partial charge in [-0.1, -0.05) is 26.0 Å². The summed E-state index contributed by atoms with van der Waals surface area (Å²) in [5, 5.41) is 3.35. The molecule has 1 rings (SSSR count). The van der Waals surface area contributed by atoms with Crippen molar-refractivity contribution in [2.24, 2.45) is 5.92 Å². The fraction of sp³-hybridized carbons (Fsp3) is 0.500. The van der Waals surface area contributed by atoms with Gasteiger partial charge >= 0.3 is 0 Å². The Morgan fingerprint density at radius 2 is 1.82 bits per heavy atom.